The molecule has 4 aromatic rings. The SMILES string of the molecule is C=C/C(Cl)=C(\C)Nc1cc2c3ccccc3c3cccc1n32.CC.CC. The van der Waals surface area contributed by atoms with E-state index >= 15 is 0 Å². The topological polar surface area (TPSA) is 16.4 Å². The van der Waals surface area contributed by atoms with Gasteiger partial charge in [-0.25, -0.2) is 0 Å². The Hall–Kier alpha value is -2.45. The van der Waals surface area contributed by atoms with Crippen LogP contribution in [0.5, 0.6) is 0 Å². The summed E-state index contributed by atoms with van der Waals surface area (Å²) in [5.41, 5.74) is 5.55. The second-order valence-corrected chi connectivity index (χ2v) is 5.83. The number of anilines is 1. The summed E-state index contributed by atoms with van der Waals surface area (Å²) in [5, 5.41) is 6.59. The number of hydrogen-bond acceptors (Lipinski definition) is 1. The number of pyridine rings is 1. The highest BCUT2D eigenvalue weighted by atomic mass is 35.5. The fourth-order valence-electron chi connectivity index (χ4n) is 3.11. The molecule has 4 rings (SSSR count). The monoisotopic (exact) mass is 366 g/mol. The molecule has 0 atom stereocenters. The number of aromatic nitrogens is 1. The van der Waals surface area contributed by atoms with Gasteiger partial charge in [0.1, 0.15) is 0 Å². The van der Waals surface area contributed by atoms with E-state index in [1.807, 2.05) is 34.6 Å². The van der Waals surface area contributed by atoms with Crippen molar-refractivity contribution < 1.29 is 0 Å². The molecule has 3 aromatic heterocycles. The average Bonchev–Trinajstić information content (AvgIpc) is 3.24. The summed E-state index contributed by atoms with van der Waals surface area (Å²) >= 11 is 6.14. The quantitative estimate of drug-likeness (QED) is 0.366. The van der Waals surface area contributed by atoms with Crippen molar-refractivity contribution in [1.29, 1.82) is 0 Å². The number of rotatable bonds is 3. The standard InChI is InChI=1S/C19H15ClN2.2C2H6/c1-3-15(20)12(2)21-16-11-19-14-8-5-4-7-13(14)17-9-6-10-18(16)22(17)19;2*1-2/h3-11,21H,1H2,2H3;2*1-2H3/b15-12-;;. The van der Waals surface area contributed by atoms with Crippen molar-refractivity contribution in [2.24, 2.45) is 0 Å². The van der Waals surface area contributed by atoms with Gasteiger partial charge in [0.15, 0.2) is 0 Å². The zero-order valence-electron chi connectivity index (χ0n) is 16.2. The van der Waals surface area contributed by atoms with Gasteiger partial charge in [-0.3, -0.25) is 0 Å². The zero-order chi connectivity index (χ0) is 19.3. The maximum atomic E-state index is 6.14. The van der Waals surface area contributed by atoms with Crippen LogP contribution in [0.4, 0.5) is 5.69 Å². The molecule has 0 saturated heterocycles. The first-order valence-corrected chi connectivity index (χ1v) is 9.58. The van der Waals surface area contributed by atoms with Gasteiger partial charge in [-0.1, -0.05) is 76.2 Å². The molecule has 0 aliphatic carbocycles. The molecular formula is C23H27ClN2. The second-order valence-electron chi connectivity index (χ2n) is 5.42. The lowest BCUT2D eigenvalue weighted by molar-refractivity contribution is 1.34. The molecule has 3 heterocycles. The molecule has 1 N–H and O–H groups in total. The van der Waals surface area contributed by atoms with E-state index in [-0.39, 0.29) is 0 Å². The van der Waals surface area contributed by atoms with E-state index in [1.165, 1.54) is 21.8 Å². The van der Waals surface area contributed by atoms with Crippen molar-refractivity contribution in [3.05, 3.63) is 71.9 Å². The Morgan fingerprint density at radius 3 is 2.12 bits per heavy atom. The van der Waals surface area contributed by atoms with Gasteiger partial charge in [-0.2, -0.15) is 0 Å². The van der Waals surface area contributed by atoms with Gasteiger partial charge in [0.2, 0.25) is 0 Å². The van der Waals surface area contributed by atoms with Crippen molar-refractivity contribution in [2.45, 2.75) is 34.6 Å². The first-order valence-electron chi connectivity index (χ1n) is 9.21. The van der Waals surface area contributed by atoms with Crippen LogP contribution in [0.3, 0.4) is 0 Å². The number of allylic oxidation sites excluding steroid dienone is 3. The molecule has 136 valence electrons. The summed E-state index contributed by atoms with van der Waals surface area (Å²) < 4.78 is 2.29. The van der Waals surface area contributed by atoms with Crippen LogP contribution < -0.4 is 5.32 Å². The molecular weight excluding hydrogens is 340 g/mol. The Kier molecular flexibility index (Phi) is 6.70. The van der Waals surface area contributed by atoms with Crippen LogP contribution in [0.1, 0.15) is 34.6 Å². The number of benzene rings is 1. The van der Waals surface area contributed by atoms with E-state index in [4.69, 9.17) is 11.6 Å². The van der Waals surface area contributed by atoms with Crippen molar-refractivity contribution >= 4 is 44.6 Å². The molecule has 0 aliphatic heterocycles. The number of nitrogens with one attached hydrogen (secondary N) is 1. The Morgan fingerprint density at radius 2 is 1.50 bits per heavy atom. The first kappa shape index (κ1) is 19.9. The normalized spacial score (nSPS) is 11.5. The lowest BCUT2D eigenvalue weighted by Crippen LogP contribution is -1.96. The molecule has 0 radical (unpaired) electrons. The lowest BCUT2D eigenvalue weighted by Gasteiger charge is -2.07. The van der Waals surface area contributed by atoms with Crippen molar-refractivity contribution in [3.63, 3.8) is 0 Å². The highest BCUT2D eigenvalue weighted by molar-refractivity contribution is 6.31. The van der Waals surface area contributed by atoms with Crippen LogP contribution >= 0.6 is 11.6 Å². The second kappa shape index (κ2) is 8.77. The predicted molar refractivity (Wildman–Crippen MR) is 119 cm³/mol. The molecule has 1 aromatic carbocycles. The molecule has 0 fully saturated rings. The maximum Gasteiger partial charge on any atom is 0.0697 e. The molecule has 26 heavy (non-hydrogen) atoms. The minimum Gasteiger partial charge on any atom is -0.356 e. The Labute approximate surface area is 161 Å². The third-order valence-corrected chi connectivity index (χ3v) is 4.56. The summed E-state index contributed by atoms with van der Waals surface area (Å²) in [6.07, 6.45) is 1.65. The van der Waals surface area contributed by atoms with E-state index < -0.39 is 0 Å². The van der Waals surface area contributed by atoms with Gasteiger partial charge in [0, 0.05) is 16.5 Å². The fraction of sp³-hybridized carbons (Fsp3) is 0.217. The minimum absolute atomic E-state index is 0.634. The maximum absolute atomic E-state index is 6.14. The molecule has 0 bridgehead atoms. The predicted octanol–water partition coefficient (Wildman–Crippen LogP) is 7.80. The van der Waals surface area contributed by atoms with E-state index in [9.17, 15) is 0 Å². The van der Waals surface area contributed by atoms with Crippen molar-refractivity contribution in [1.82, 2.24) is 4.40 Å². The van der Waals surface area contributed by atoms with Crippen LogP contribution in [-0.4, -0.2) is 4.40 Å². The highest BCUT2D eigenvalue weighted by Crippen LogP contribution is 2.36. The largest absolute Gasteiger partial charge is 0.356 e. The average molecular weight is 367 g/mol. The molecule has 0 unspecified atom stereocenters. The molecule has 2 nitrogen and oxygen atoms in total. The Morgan fingerprint density at radius 1 is 0.923 bits per heavy atom. The summed E-state index contributed by atoms with van der Waals surface area (Å²) in [4.78, 5) is 0. The van der Waals surface area contributed by atoms with E-state index in [2.05, 4.69) is 64.8 Å². The van der Waals surface area contributed by atoms with Gasteiger partial charge in [0.05, 0.1) is 27.3 Å². The van der Waals surface area contributed by atoms with Gasteiger partial charge in [0.25, 0.3) is 0 Å². The van der Waals surface area contributed by atoms with Crippen LogP contribution in [0, 0.1) is 0 Å². The van der Waals surface area contributed by atoms with Gasteiger partial charge < -0.3 is 9.72 Å². The third kappa shape index (κ3) is 3.30. The molecule has 0 saturated carbocycles. The van der Waals surface area contributed by atoms with Crippen LogP contribution in [0.25, 0.3) is 27.3 Å². The first-order chi connectivity index (χ1) is 12.7. The van der Waals surface area contributed by atoms with Crippen LogP contribution in [0.2, 0.25) is 0 Å². The van der Waals surface area contributed by atoms with Crippen molar-refractivity contribution in [2.75, 3.05) is 5.32 Å². The minimum atomic E-state index is 0.634. The van der Waals surface area contributed by atoms with Gasteiger partial charge in [-0.05, 0) is 31.2 Å². The third-order valence-electron chi connectivity index (χ3n) is 4.13. The van der Waals surface area contributed by atoms with Crippen LogP contribution in [0.15, 0.2) is 71.9 Å². The Balaban J connectivity index is 0.000000570. The molecule has 0 amide bonds. The van der Waals surface area contributed by atoms with Crippen molar-refractivity contribution in [3.8, 4) is 0 Å². The van der Waals surface area contributed by atoms with E-state index in [1.54, 1.807) is 6.08 Å². The summed E-state index contributed by atoms with van der Waals surface area (Å²) in [6.45, 7) is 13.7. The van der Waals surface area contributed by atoms with E-state index in [0.29, 0.717) is 5.03 Å². The smallest absolute Gasteiger partial charge is 0.0697 e. The Bertz CT molecular complexity index is 1040. The van der Waals surface area contributed by atoms with Crippen LogP contribution in [-0.2, 0) is 0 Å². The van der Waals surface area contributed by atoms with Gasteiger partial charge in [-0.15, -0.1) is 0 Å². The zero-order valence-corrected chi connectivity index (χ0v) is 17.0. The summed E-state index contributed by atoms with van der Waals surface area (Å²) in [5.74, 6) is 0. The molecule has 0 spiro atoms. The number of halogens is 1. The van der Waals surface area contributed by atoms with Gasteiger partial charge >= 0.3 is 0 Å². The fourth-order valence-corrected chi connectivity index (χ4v) is 3.15. The summed E-state index contributed by atoms with van der Waals surface area (Å²) in [6, 6.07) is 17.1. The molecule has 3 heteroatoms. The molecule has 0 aliphatic rings. The summed E-state index contributed by atoms with van der Waals surface area (Å²) in [7, 11) is 0. The number of hydrogen-bond donors (Lipinski definition) is 1. The lowest BCUT2D eigenvalue weighted by atomic mass is 10.1. The number of nitrogens with zero attached hydrogens (tertiary/aromatic N) is 1. The number of fused-ring (bicyclic) bond motifs is 3. The highest BCUT2D eigenvalue weighted by Gasteiger charge is 2.14. The van der Waals surface area contributed by atoms with E-state index in [0.717, 1.165) is 16.9 Å².